The van der Waals surface area contributed by atoms with Crippen molar-refractivity contribution in [3.05, 3.63) is 61.2 Å². The van der Waals surface area contributed by atoms with E-state index in [1.807, 2.05) is 0 Å². The first-order chi connectivity index (χ1) is 15.5. The smallest absolute Gasteiger partial charge is 0.259 e. The lowest BCUT2D eigenvalue weighted by atomic mass is 9.97. The summed E-state index contributed by atoms with van der Waals surface area (Å²) in [5.74, 6) is 0.835. The van der Waals surface area contributed by atoms with E-state index in [2.05, 4.69) is 9.97 Å². The average molecular weight is 492 g/mol. The molecule has 0 atom stereocenters. The zero-order chi connectivity index (χ0) is 22.2. The molecule has 0 radical (unpaired) electrons. The summed E-state index contributed by atoms with van der Waals surface area (Å²) in [5.41, 5.74) is 1.45. The van der Waals surface area contributed by atoms with Crippen molar-refractivity contribution in [2.24, 2.45) is 0 Å². The van der Waals surface area contributed by atoms with Gasteiger partial charge < -0.3 is 9.88 Å². The molecule has 1 N–H and O–H groups in total. The number of nitrogens with zero attached hydrogens (tertiary/aromatic N) is 2. The highest BCUT2D eigenvalue weighted by molar-refractivity contribution is 7.99. The van der Waals surface area contributed by atoms with Crippen molar-refractivity contribution in [1.29, 1.82) is 0 Å². The van der Waals surface area contributed by atoms with Crippen LogP contribution in [-0.4, -0.2) is 32.6 Å². The number of aromatic amines is 1. The number of aryl methyl sites for hydroxylation is 2. The third-order valence-corrected chi connectivity index (χ3v) is 8.50. The Morgan fingerprint density at radius 1 is 1.31 bits per heavy atom. The first-order valence-electron chi connectivity index (χ1n) is 10.8. The number of benzene rings is 1. The SMILES string of the molecule is O=C(CSCc1nc2sc3c(c2c(=O)[nH]1)CCCC3)N(Cc1c(F)cccc1Cl)C1CC1. The number of halogens is 2. The van der Waals surface area contributed by atoms with Crippen LogP contribution < -0.4 is 5.56 Å². The highest BCUT2D eigenvalue weighted by atomic mass is 35.5. The van der Waals surface area contributed by atoms with Crippen molar-refractivity contribution >= 4 is 50.8 Å². The van der Waals surface area contributed by atoms with Crippen LogP contribution in [0.15, 0.2) is 23.0 Å². The standard InChI is InChI=1S/C23H23ClFN3O2S2/c24-16-5-3-6-17(25)15(16)10-28(13-8-9-13)20(29)12-31-11-19-26-22(30)21-14-4-1-2-7-18(14)32-23(21)27-19/h3,5-6,13H,1-2,4,7-12H2,(H,26,27,30). The molecule has 9 heteroatoms. The van der Waals surface area contributed by atoms with E-state index in [9.17, 15) is 14.0 Å². The zero-order valence-electron chi connectivity index (χ0n) is 17.5. The van der Waals surface area contributed by atoms with Crippen LogP contribution in [0.1, 0.15) is 47.5 Å². The molecule has 0 spiro atoms. The second-order valence-corrected chi connectivity index (χ2v) is 10.8. The average Bonchev–Trinajstić information content (AvgIpc) is 3.52. The van der Waals surface area contributed by atoms with Crippen molar-refractivity contribution < 1.29 is 9.18 Å². The van der Waals surface area contributed by atoms with Gasteiger partial charge in [0.1, 0.15) is 16.5 Å². The number of hydrogen-bond acceptors (Lipinski definition) is 5. The van der Waals surface area contributed by atoms with E-state index in [1.54, 1.807) is 28.4 Å². The van der Waals surface area contributed by atoms with E-state index in [1.165, 1.54) is 28.3 Å². The van der Waals surface area contributed by atoms with Gasteiger partial charge in [-0.15, -0.1) is 23.1 Å². The minimum absolute atomic E-state index is 0.0492. The summed E-state index contributed by atoms with van der Waals surface area (Å²) in [6, 6.07) is 4.72. The number of thioether (sulfide) groups is 1. The van der Waals surface area contributed by atoms with Crippen molar-refractivity contribution in [3.8, 4) is 0 Å². The number of hydrogen-bond donors (Lipinski definition) is 1. The molecule has 1 fully saturated rings. The molecule has 32 heavy (non-hydrogen) atoms. The maximum Gasteiger partial charge on any atom is 0.259 e. The first-order valence-corrected chi connectivity index (χ1v) is 13.2. The Bertz CT molecular complexity index is 1220. The fraction of sp³-hybridized carbons (Fsp3) is 0.435. The molecule has 2 aliphatic rings. The third kappa shape index (κ3) is 4.45. The normalized spacial score (nSPS) is 15.7. The van der Waals surface area contributed by atoms with E-state index in [-0.39, 0.29) is 29.8 Å². The largest absolute Gasteiger partial charge is 0.335 e. The van der Waals surface area contributed by atoms with Gasteiger partial charge in [-0.3, -0.25) is 9.59 Å². The molecular weight excluding hydrogens is 469 g/mol. The van der Waals surface area contributed by atoms with E-state index in [0.717, 1.165) is 48.7 Å². The lowest BCUT2D eigenvalue weighted by molar-refractivity contribution is -0.129. The number of H-pyrrole nitrogens is 1. The molecule has 1 saturated carbocycles. The van der Waals surface area contributed by atoms with Gasteiger partial charge in [-0.25, -0.2) is 9.37 Å². The van der Waals surface area contributed by atoms with E-state index < -0.39 is 5.82 Å². The van der Waals surface area contributed by atoms with Crippen LogP contribution in [0, 0.1) is 5.82 Å². The van der Waals surface area contributed by atoms with Crippen LogP contribution in [0.3, 0.4) is 0 Å². The summed E-state index contributed by atoms with van der Waals surface area (Å²) in [6.45, 7) is 0.178. The Morgan fingerprint density at radius 3 is 2.91 bits per heavy atom. The lowest BCUT2D eigenvalue weighted by Crippen LogP contribution is -2.34. The molecule has 1 amide bonds. The number of amides is 1. The molecule has 2 aromatic heterocycles. The Hall–Kier alpha value is -1.90. The summed E-state index contributed by atoms with van der Waals surface area (Å²) in [5, 5.41) is 1.08. The molecule has 0 aliphatic heterocycles. The topological polar surface area (TPSA) is 66.1 Å². The lowest BCUT2D eigenvalue weighted by Gasteiger charge is -2.23. The van der Waals surface area contributed by atoms with E-state index in [4.69, 9.17) is 11.6 Å². The number of aromatic nitrogens is 2. The molecule has 5 nitrogen and oxygen atoms in total. The van der Waals surface area contributed by atoms with Crippen LogP contribution in [0.4, 0.5) is 4.39 Å². The second kappa shape index (κ2) is 9.15. The maximum atomic E-state index is 14.2. The van der Waals surface area contributed by atoms with Gasteiger partial charge in [-0.05, 0) is 56.2 Å². The monoisotopic (exact) mass is 491 g/mol. The number of rotatable bonds is 7. The molecule has 3 aromatic rings. The molecule has 0 saturated heterocycles. The Labute approximate surface area is 198 Å². The highest BCUT2D eigenvalue weighted by Crippen LogP contribution is 2.34. The van der Waals surface area contributed by atoms with Crippen molar-refractivity contribution in [3.63, 3.8) is 0 Å². The Balaban J connectivity index is 1.26. The van der Waals surface area contributed by atoms with Gasteiger partial charge in [0.2, 0.25) is 5.91 Å². The Morgan fingerprint density at radius 2 is 2.12 bits per heavy atom. The van der Waals surface area contributed by atoms with Gasteiger partial charge in [0.25, 0.3) is 5.56 Å². The first kappa shape index (κ1) is 21.9. The summed E-state index contributed by atoms with van der Waals surface area (Å²) >= 11 is 9.20. The van der Waals surface area contributed by atoms with Crippen molar-refractivity contribution in [2.75, 3.05) is 5.75 Å². The number of carbonyl (C=O) groups is 1. The van der Waals surface area contributed by atoms with Gasteiger partial charge in [-0.2, -0.15) is 0 Å². The van der Waals surface area contributed by atoms with E-state index >= 15 is 0 Å². The molecule has 2 aliphatic carbocycles. The van der Waals surface area contributed by atoms with Crippen LogP contribution in [0.5, 0.6) is 0 Å². The van der Waals surface area contributed by atoms with Gasteiger partial charge in [-0.1, -0.05) is 17.7 Å². The molecule has 1 aromatic carbocycles. The maximum absolute atomic E-state index is 14.2. The summed E-state index contributed by atoms with van der Waals surface area (Å²) in [7, 11) is 0. The summed E-state index contributed by atoms with van der Waals surface area (Å²) in [6.07, 6.45) is 6.11. The second-order valence-electron chi connectivity index (χ2n) is 8.35. The summed E-state index contributed by atoms with van der Waals surface area (Å²) < 4.78 is 14.2. The minimum atomic E-state index is -0.391. The number of thiophene rings is 1. The van der Waals surface area contributed by atoms with Gasteiger partial charge in [0.15, 0.2) is 0 Å². The minimum Gasteiger partial charge on any atom is -0.335 e. The van der Waals surface area contributed by atoms with Gasteiger partial charge >= 0.3 is 0 Å². The van der Waals surface area contributed by atoms with Gasteiger partial charge in [0, 0.05) is 21.5 Å². The van der Waals surface area contributed by atoms with Crippen molar-refractivity contribution in [2.45, 2.75) is 56.9 Å². The molecular formula is C23H23ClFN3O2S2. The molecule has 0 bridgehead atoms. The van der Waals surface area contributed by atoms with Crippen LogP contribution in [0.2, 0.25) is 5.02 Å². The predicted molar refractivity (Wildman–Crippen MR) is 128 cm³/mol. The number of carbonyl (C=O) groups excluding carboxylic acids is 1. The third-order valence-electron chi connectivity index (χ3n) is 6.04. The Kier molecular flexibility index (Phi) is 6.27. The van der Waals surface area contributed by atoms with Crippen molar-refractivity contribution in [1.82, 2.24) is 14.9 Å². The molecule has 5 rings (SSSR count). The van der Waals surface area contributed by atoms with E-state index in [0.29, 0.717) is 22.2 Å². The number of fused-ring (bicyclic) bond motifs is 3. The van der Waals surface area contributed by atoms with Gasteiger partial charge in [0.05, 0.1) is 23.4 Å². The quantitative estimate of drug-likeness (QED) is 0.500. The molecule has 0 unspecified atom stereocenters. The molecule has 2 heterocycles. The highest BCUT2D eigenvalue weighted by Gasteiger charge is 2.33. The van der Waals surface area contributed by atoms with Crippen LogP contribution >= 0.6 is 34.7 Å². The predicted octanol–water partition coefficient (Wildman–Crippen LogP) is 5.08. The summed E-state index contributed by atoms with van der Waals surface area (Å²) in [4.78, 5) is 37.0. The van der Waals surface area contributed by atoms with Crippen LogP contribution in [-0.2, 0) is 29.9 Å². The number of nitrogens with one attached hydrogen (secondary N) is 1. The fourth-order valence-electron chi connectivity index (χ4n) is 4.26. The fourth-order valence-corrected chi connectivity index (χ4v) is 6.53. The van der Waals surface area contributed by atoms with Crippen LogP contribution in [0.25, 0.3) is 10.2 Å². The zero-order valence-corrected chi connectivity index (χ0v) is 19.8. The molecule has 168 valence electrons.